The van der Waals surface area contributed by atoms with Crippen molar-refractivity contribution in [2.45, 2.75) is 45.7 Å². The van der Waals surface area contributed by atoms with Crippen LogP contribution in [0.1, 0.15) is 38.1 Å². The van der Waals surface area contributed by atoms with Crippen molar-refractivity contribution in [3.8, 4) is 0 Å². The van der Waals surface area contributed by atoms with Gasteiger partial charge >= 0.3 is 5.76 Å². The summed E-state index contributed by atoms with van der Waals surface area (Å²) in [7, 11) is 0. The van der Waals surface area contributed by atoms with Crippen LogP contribution in [-0.2, 0) is 6.54 Å². The van der Waals surface area contributed by atoms with E-state index < -0.39 is 5.76 Å². The van der Waals surface area contributed by atoms with Crippen LogP contribution in [0, 0.1) is 6.92 Å². The van der Waals surface area contributed by atoms with Gasteiger partial charge in [0.25, 0.3) is 0 Å². The first-order valence-corrected chi connectivity index (χ1v) is 8.72. The van der Waals surface area contributed by atoms with Crippen LogP contribution in [0.25, 0.3) is 0 Å². The van der Waals surface area contributed by atoms with Crippen molar-refractivity contribution in [1.82, 2.24) is 9.72 Å². The van der Waals surface area contributed by atoms with Crippen LogP contribution in [0.4, 0.5) is 0 Å². The van der Waals surface area contributed by atoms with Crippen LogP contribution in [0.5, 0.6) is 0 Å². The highest BCUT2D eigenvalue weighted by molar-refractivity contribution is 6.42. The smallest absolute Gasteiger partial charge is 0.296 e. The van der Waals surface area contributed by atoms with E-state index in [2.05, 4.69) is 28.5 Å². The van der Waals surface area contributed by atoms with Crippen LogP contribution < -0.4 is 5.76 Å². The topological polar surface area (TPSA) is 60.4 Å². The molecule has 0 aliphatic heterocycles. The minimum atomic E-state index is -0.436. The fraction of sp³-hybridized carbons (Fsp3) is 0.389. The van der Waals surface area contributed by atoms with E-state index in [1.54, 1.807) is 19.1 Å². The highest BCUT2D eigenvalue weighted by Crippen LogP contribution is 2.23. The van der Waals surface area contributed by atoms with Gasteiger partial charge in [-0.3, -0.25) is 14.1 Å². The summed E-state index contributed by atoms with van der Waals surface area (Å²) in [5.41, 5.74) is 0.709. The van der Waals surface area contributed by atoms with Crippen LogP contribution in [0.3, 0.4) is 0 Å². The molecule has 0 aliphatic carbocycles. The minimum absolute atomic E-state index is 0.208. The molecule has 2 aromatic rings. The van der Waals surface area contributed by atoms with Crippen LogP contribution >= 0.6 is 23.2 Å². The predicted octanol–water partition coefficient (Wildman–Crippen LogP) is 4.69. The molecule has 0 bridgehead atoms. The molecule has 7 heteroatoms. The number of aliphatic imine (C=N–C) groups is 1. The van der Waals surface area contributed by atoms with Gasteiger partial charge in [0.15, 0.2) is 5.82 Å². The quantitative estimate of drug-likeness (QED) is 0.516. The lowest BCUT2D eigenvalue weighted by molar-refractivity contribution is 0.376. The minimum Gasteiger partial charge on any atom is -0.296 e. The third-order valence-corrected chi connectivity index (χ3v) is 4.49. The molecule has 2 rings (SSSR count). The maximum absolute atomic E-state index is 11.4. The van der Waals surface area contributed by atoms with Crippen LogP contribution in [-0.4, -0.2) is 21.5 Å². The molecule has 1 aromatic carbocycles. The van der Waals surface area contributed by atoms with E-state index in [0.29, 0.717) is 22.4 Å². The fourth-order valence-corrected chi connectivity index (χ4v) is 2.49. The number of benzene rings is 1. The van der Waals surface area contributed by atoms with E-state index in [9.17, 15) is 4.79 Å². The molecule has 0 aliphatic rings. The van der Waals surface area contributed by atoms with Gasteiger partial charge in [0.2, 0.25) is 0 Å². The van der Waals surface area contributed by atoms with Gasteiger partial charge in [-0.25, -0.2) is 4.79 Å². The molecule has 0 spiro atoms. The van der Waals surface area contributed by atoms with Crippen molar-refractivity contribution in [2.75, 3.05) is 0 Å². The maximum atomic E-state index is 11.4. The van der Waals surface area contributed by atoms with Crippen molar-refractivity contribution in [3.05, 3.63) is 62.3 Å². The monoisotopic (exact) mass is 381 g/mol. The molecule has 1 heterocycles. The molecule has 0 saturated carbocycles. The summed E-state index contributed by atoms with van der Waals surface area (Å²) in [5.74, 6) is 0.134. The average molecular weight is 382 g/mol. The molecule has 0 fully saturated rings. The summed E-state index contributed by atoms with van der Waals surface area (Å²) >= 11 is 11.9. The van der Waals surface area contributed by atoms with E-state index in [1.807, 2.05) is 24.4 Å². The van der Waals surface area contributed by atoms with Gasteiger partial charge < -0.3 is 0 Å². The highest BCUT2D eigenvalue weighted by atomic mass is 35.5. The van der Waals surface area contributed by atoms with E-state index in [1.165, 1.54) is 4.57 Å². The second kappa shape index (κ2) is 8.50. The van der Waals surface area contributed by atoms with Crippen molar-refractivity contribution >= 4 is 29.4 Å². The van der Waals surface area contributed by atoms with E-state index in [0.717, 1.165) is 18.4 Å². The molecule has 0 atom stereocenters. The number of halogens is 2. The number of hydrogen-bond acceptors (Lipinski definition) is 4. The molecule has 5 nitrogen and oxygen atoms in total. The van der Waals surface area contributed by atoms with E-state index in [-0.39, 0.29) is 5.54 Å². The summed E-state index contributed by atoms with van der Waals surface area (Å²) in [6, 6.07) is 5.44. The zero-order chi connectivity index (χ0) is 18.4. The summed E-state index contributed by atoms with van der Waals surface area (Å²) in [6.45, 7) is 6.34. The first-order chi connectivity index (χ1) is 11.8. The van der Waals surface area contributed by atoms with Gasteiger partial charge in [0.05, 0.1) is 15.6 Å². The molecule has 1 aromatic heterocycles. The summed E-state index contributed by atoms with van der Waals surface area (Å²) in [4.78, 5) is 16.0. The van der Waals surface area contributed by atoms with Gasteiger partial charge in [-0.2, -0.15) is 0 Å². The molecule has 0 amide bonds. The van der Waals surface area contributed by atoms with Gasteiger partial charge in [0, 0.05) is 12.8 Å². The SMILES string of the molecule is Cc1noc(=O)n1C/C=C/CCC(C)(C)/N=C/c1ccc(Cl)c(Cl)c1. The summed E-state index contributed by atoms with van der Waals surface area (Å²) < 4.78 is 6.06. The number of rotatable bonds is 7. The van der Waals surface area contributed by atoms with Crippen molar-refractivity contribution in [2.24, 2.45) is 4.99 Å². The molecule has 0 unspecified atom stereocenters. The third-order valence-electron chi connectivity index (χ3n) is 3.75. The van der Waals surface area contributed by atoms with Crippen molar-refractivity contribution < 1.29 is 4.52 Å². The molecule has 134 valence electrons. The highest BCUT2D eigenvalue weighted by Gasteiger charge is 2.13. The predicted molar refractivity (Wildman–Crippen MR) is 102 cm³/mol. The Kier molecular flexibility index (Phi) is 6.62. The fourth-order valence-electron chi connectivity index (χ4n) is 2.18. The van der Waals surface area contributed by atoms with Gasteiger partial charge in [-0.1, -0.05) is 46.6 Å². The van der Waals surface area contributed by atoms with E-state index in [4.69, 9.17) is 23.2 Å². The third kappa shape index (κ3) is 5.87. The molecule has 0 saturated heterocycles. The second-order valence-electron chi connectivity index (χ2n) is 6.36. The molecular formula is C18H21Cl2N3O2. The molecule has 0 N–H and O–H groups in total. The first kappa shape index (κ1) is 19.5. The zero-order valence-electron chi connectivity index (χ0n) is 14.5. The molecule has 25 heavy (non-hydrogen) atoms. The van der Waals surface area contributed by atoms with Crippen LogP contribution in [0.2, 0.25) is 10.0 Å². The zero-order valence-corrected chi connectivity index (χ0v) is 16.0. The summed E-state index contributed by atoms with van der Waals surface area (Å²) in [5, 5.41) is 4.68. The average Bonchev–Trinajstić information content (AvgIpc) is 2.87. The summed E-state index contributed by atoms with van der Waals surface area (Å²) in [6.07, 6.45) is 7.51. The largest absolute Gasteiger partial charge is 0.441 e. The Morgan fingerprint density at radius 1 is 1.28 bits per heavy atom. The Balaban J connectivity index is 1.86. The lowest BCUT2D eigenvalue weighted by Crippen LogP contribution is -2.16. The van der Waals surface area contributed by atoms with E-state index >= 15 is 0 Å². The van der Waals surface area contributed by atoms with Gasteiger partial charge in [-0.15, -0.1) is 0 Å². The first-order valence-electron chi connectivity index (χ1n) is 7.97. The maximum Gasteiger partial charge on any atom is 0.441 e. The normalized spacial score (nSPS) is 12.5. The van der Waals surface area contributed by atoms with Gasteiger partial charge in [-0.05, 0) is 51.3 Å². The lowest BCUT2D eigenvalue weighted by Gasteiger charge is -2.18. The Morgan fingerprint density at radius 3 is 2.68 bits per heavy atom. The number of aromatic nitrogens is 2. The standard InChI is InChI=1S/C18H21Cl2N3O2/c1-13-22-25-17(24)23(13)10-6-4-5-9-18(2,3)21-12-14-7-8-15(19)16(20)11-14/h4,6-8,11-12H,5,9-10H2,1-3H3/b6-4+,21-12+. The number of allylic oxidation sites excluding steroid dienone is 2. The van der Waals surface area contributed by atoms with Gasteiger partial charge in [0.1, 0.15) is 0 Å². The number of aryl methyl sites for hydroxylation is 1. The Labute approximate surface area is 157 Å². The van der Waals surface area contributed by atoms with Crippen LogP contribution in [0.15, 0.2) is 44.7 Å². The Hall–Kier alpha value is -1.85. The van der Waals surface area contributed by atoms with Crippen molar-refractivity contribution in [3.63, 3.8) is 0 Å². The second-order valence-corrected chi connectivity index (χ2v) is 7.17. The molecular weight excluding hydrogens is 361 g/mol. The Bertz CT molecular complexity index is 835. The Morgan fingerprint density at radius 2 is 2.04 bits per heavy atom. The molecule has 0 radical (unpaired) electrons. The lowest BCUT2D eigenvalue weighted by atomic mass is 9.99. The number of nitrogens with zero attached hydrogens (tertiary/aromatic N) is 3. The van der Waals surface area contributed by atoms with Crippen molar-refractivity contribution in [1.29, 1.82) is 0 Å². The number of hydrogen-bond donors (Lipinski definition) is 0.